The molecule has 0 aliphatic heterocycles. The van der Waals surface area contributed by atoms with Gasteiger partial charge in [0, 0.05) is 0 Å². The van der Waals surface area contributed by atoms with Crippen LogP contribution >= 0.6 is 0 Å². The summed E-state index contributed by atoms with van der Waals surface area (Å²) in [5.41, 5.74) is 2.57. The molecule has 0 amide bonds. The molecule has 1 aliphatic rings. The fourth-order valence-corrected chi connectivity index (χ4v) is 3.51. The predicted molar refractivity (Wildman–Crippen MR) is 81.9 cm³/mol. The average molecular weight is 274 g/mol. The SMILES string of the molecule is CCCc1ccc(C2CC(CC)CCC2C(=O)O)cc1. The van der Waals surface area contributed by atoms with Crippen molar-refractivity contribution in [3.63, 3.8) is 0 Å². The van der Waals surface area contributed by atoms with E-state index in [0.29, 0.717) is 5.92 Å². The van der Waals surface area contributed by atoms with Crippen LogP contribution in [0.4, 0.5) is 0 Å². The smallest absolute Gasteiger partial charge is 0.307 e. The van der Waals surface area contributed by atoms with E-state index >= 15 is 0 Å². The molecule has 3 unspecified atom stereocenters. The summed E-state index contributed by atoms with van der Waals surface area (Å²) in [4.78, 5) is 11.5. The van der Waals surface area contributed by atoms with Crippen LogP contribution in [0.15, 0.2) is 24.3 Å². The molecule has 1 aromatic carbocycles. The molecule has 1 aromatic rings. The van der Waals surface area contributed by atoms with E-state index in [1.807, 2.05) is 0 Å². The lowest BCUT2D eigenvalue weighted by Crippen LogP contribution is -2.29. The summed E-state index contributed by atoms with van der Waals surface area (Å²) >= 11 is 0. The van der Waals surface area contributed by atoms with E-state index in [0.717, 1.165) is 38.5 Å². The number of hydrogen-bond donors (Lipinski definition) is 1. The van der Waals surface area contributed by atoms with E-state index in [-0.39, 0.29) is 11.8 Å². The van der Waals surface area contributed by atoms with Crippen LogP contribution < -0.4 is 0 Å². The van der Waals surface area contributed by atoms with Crippen molar-refractivity contribution in [3.05, 3.63) is 35.4 Å². The lowest BCUT2D eigenvalue weighted by atomic mass is 9.70. The van der Waals surface area contributed by atoms with Gasteiger partial charge < -0.3 is 5.11 Å². The van der Waals surface area contributed by atoms with Gasteiger partial charge in [0.25, 0.3) is 0 Å². The fraction of sp³-hybridized carbons (Fsp3) is 0.611. The minimum absolute atomic E-state index is 0.196. The summed E-state index contributed by atoms with van der Waals surface area (Å²) < 4.78 is 0. The van der Waals surface area contributed by atoms with Gasteiger partial charge in [0.2, 0.25) is 0 Å². The quantitative estimate of drug-likeness (QED) is 0.849. The Bertz CT molecular complexity index is 435. The van der Waals surface area contributed by atoms with Crippen LogP contribution in [0.3, 0.4) is 0 Å². The summed E-state index contributed by atoms with van der Waals surface area (Å²) in [5.74, 6) is 0.0600. The lowest BCUT2D eigenvalue weighted by molar-refractivity contribution is -0.143. The number of carboxylic acids is 1. The number of hydrogen-bond acceptors (Lipinski definition) is 1. The molecule has 3 atom stereocenters. The monoisotopic (exact) mass is 274 g/mol. The Morgan fingerprint density at radius 3 is 2.45 bits per heavy atom. The second-order valence-corrected chi connectivity index (χ2v) is 6.13. The highest BCUT2D eigenvalue weighted by Gasteiger charge is 2.35. The number of aryl methyl sites for hydroxylation is 1. The van der Waals surface area contributed by atoms with Gasteiger partial charge in [-0.25, -0.2) is 0 Å². The zero-order valence-corrected chi connectivity index (χ0v) is 12.6. The molecule has 0 bridgehead atoms. The molecule has 2 heteroatoms. The normalized spacial score (nSPS) is 26.4. The molecule has 1 N–H and O–H groups in total. The van der Waals surface area contributed by atoms with Gasteiger partial charge in [-0.15, -0.1) is 0 Å². The molecule has 20 heavy (non-hydrogen) atoms. The van der Waals surface area contributed by atoms with Gasteiger partial charge in [-0.05, 0) is 48.6 Å². The van der Waals surface area contributed by atoms with Crippen LogP contribution in [0.25, 0.3) is 0 Å². The number of benzene rings is 1. The van der Waals surface area contributed by atoms with Crippen molar-refractivity contribution in [1.82, 2.24) is 0 Å². The topological polar surface area (TPSA) is 37.3 Å². The third-order valence-corrected chi connectivity index (χ3v) is 4.80. The van der Waals surface area contributed by atoms with E-state index in [9.17, 15) is 9.90 Å². The highest BCUT2D eigenvalue weighted by atomic mass is 16.4. The van der Waals surface area contributed by atoms with Crippen LogP contribution in [0, 0.1) is 11.8 Å². The Hall–Kier alpha value is -1.31. The van der Waals surface area contributed by atoms with Gasteiger partial charge in [0.05, 0.1) is 5.92 Å². The summed E-state index contributed by atoms with van der Waals surface area (Å²) in [6.07, 6.45) is 6.34. The fourth-order valence-electron chi connectivity index (χ4n) is 3.51. The molecule has 2 rings (SSSR count). The Labute approximate surface area is 122 Å². The molecule has 1 aliphatic carbocycles. The van der Waals surface area contributed by atoms with Crippen molar-refractivity contribution in [2.45, 2.75) is 58.3 Å². The molecule has 1 saturated carbocycles. The van der Waals surface area contributed by atoms with Crippen molar-refractivity contribution in [3.8, 4) is 0 Å². The van der Waals surface area contributed by atoms with Gasteiger partial charge in [0.1, 0.15) is 0 Å². The molecule has 0 radical (unpaired) electrons. The Morgan fingerprint density at radius 2 is 1.90 bits per heavy atom. The molecule has 0 heterocycles. The van der Waals surface area contributed by atoms with E-state index in [1.54, 1.807) is 0 Å². The van der Waals surface area contributed by atoms with E-state index in [4.69, 9.17) is 0 Å². The summed E-state index contributed by atoms with van der Waals surface area (Å²) in [5, 5.41) is 9.47. The zero-order valence-electron chi connectivity index (χ0n) is 12.6. The average Bonchev–Trinajstić information content (AvgIpc) is 2.47. The maximum absolute atomic E-state index is 11.5. The minimum Gasteiger partial charge on any atom is -0.481 e. The lowest BCUT2D eigenvalue weighted by Gasteiger charge is -2.34. The number of carboxylic acid groups (broad SMARTS) is 1. The highest BCUT2D eigenvalue weighted by molar-refractivity contribution is 5.71. The summed E-state index contributed by atoms with van der Waals surface area (Å²) in [7, 11) is 0. The molecule has 2 nitrogen and oxygen atoms in total. The molecule has 0 aromatic heterocycles. The van der Waals surface area contributed by atoms with E-state index < -0.39 is 5.97 Å². The third kappa shape index (κ3) is 3.41. The van der Waals surface area contributed by atoms with E-state index in [2.05, 4.69) is 38.1 Å². The van der Waals surface area contributed by atoms with Crippen LogP contribution in [-0.4, -0.2) is 11.1 Å². The largest absolute Gasteiger partial charge is 0.481 e. The van der Waals surface area contributed by atoms with Crippen LogP contribution in [0.2, 0.25) is 0 Å². The molecular formula is C18H26O2. The minimum atomic E-state index is -0.623. The second-order valence-electron chi connectivity index (χ2n) is 6.13. The maximum atomic E-state index is 11.5. The third-order valence-electron chi connectivity index (χ3n) is 4.80. The van der Waals surface area contributed by atoms with Gasteiger partial charge in [-0.2, -0.15) is 0 Å². The van der Waals surface area contributed by atoms with Crippen LogP contribution in [0.1, 0.15) is 63.0 Å². The number of aliphatic carboxylic acids is 1. The second kappa shape index (κ2) is 6.92. The first-order valence-corrected chi connectivity index (χ1v) is 7.97. The van der Waals surface area contributed by atoms with Crippen molar-refractivity contribution in [2.24, 2.45) is 11.8 Å². The van der Waals surface area contributed by atoms with Crippen LogP contribution in [0.5, 0.6) is 0 Å². The molecule has 110 valence electrons. The molecule has 1 fully saturated rings. The Balaban J connectivity index is 2.18. The predicted octanol–water partition coefficient (Wildman–Crippen LogP) is 4.63. The number of rotatable bonds is 5. The maximum Gasteiger partial charge on any atom is 0.307 e. The van der Waals surface area contributed by atoms with Crippen molar-refractivity contribution in [2.75, 3.05) is 0 Å². The van der Waals surface area contributed by atoms with Gasteiger partial charge in [-0.3, -0.25) is 4.79 Å². The standard InChI is InChI=1S/C18H26O2/c1-3-5-14-6-9-15(10-7-14)17-12-13(4-2)8-11-16(17)18(19)20/h6-7,9-10,13,16-17H,3-5,8,11-12H2,1-2H3,(H,19,20). The Kier molecular flexibility index (Phi) is 5.22. The van der Waals surface area contributed by atoms with Crippen molar-refractivity contribution >= 4 is 5.97 Å². The van der Waals surface area contributed by atoms with Crippen LogP contribution in [-0.2, 0) is 11.2 Å². The van der Waals surface area contributed by atoms with Gasteiger partial charge >= 0.3 is 5.97 Å². The first-order chi connectivity index (χ1) is 9.65. The Morgan fingerprint density at radius 1 is 1.20 bits per heavy atom. The van der Waals surface area contributed by atoms with Gasteiger partial charge in [-0.1, -0.05) is 51.0 Å². The van der Waals surface area contributed by atoms with Gasteiger partial charge in [0.15, 0.2) is 0 Å². The van der Waals surface area contributed by atoms with E-state index in [1.165, 1.54) is 11.1 Å². The summed E-state index contributed by atoms with van der Waals surface area (Å²) in [6, 6.07) is 8.66. The summed E-state index contributed by atoms with van der Waals surface area (Å²) in [6.45, 7) is 4.40. The first kappa shape index (κ1) is 15.1. The zero-order chi connectivity index (χ0) is 14.5. The first-order valence-electron chi connectivity index (χ1n) is 7.97. The molecule has 0 saturated heterocycles. The molecule has 0 spiro atoms. The van der Waals surface area contributed by atoms with Crippen molar-refractivity contribution in [1.29, 1.82) is 0 Å². The number of carbonyl (C=O) groups is 1. The van der Waals surface area contributed by atoms with Crippen molar-refractivity contribution < 1.29 is 9.90 Å². The highest BCUT2D eigenvalue weighted by Crippen LogP contribution is 2.41. The molecular weight excluding hydrogens is 248 g/mol.